The molecule has 20 heavy (non-hydrogen) atoms. The minimum Gasteiger partial charge on any atom is -0.310 e. The zero-order chi connectivity index (χ0) is 13.6. The second-order valence-corrected chi connectivity index (χ2v) is 5.95. The molecule has 1 aliphatic carbocycles. The summed E-state index contributed by atoms with van der Waals surface area (Å²) >= 11 is 0. The van der Waals surface area contributed by atoms with Gasteiger partial charge in [0.2, 0.25) is 0 Å². The molecule has 1 aromatic carbocycles. The fraction of sp³-hybridized carbons (Fsp3) is 0.500. The minimum absolute atomic E-state index is 0.708. The van der Waals surface area contributed by atoms with E-state index in [4.69, 9.17) is 0 Å². The molecule has 1 N–H and O–H groups in total. The first-order chi connectivity index (χ1) is 9.92. The van der Waals surface area contributed by atoms with Crippen LogP contribution in [0.5, 0.6) is 0 Å². The normalized spacial score (nSPS) is 17.8. The van der Waals surface area contributed by atoms with Crippen LogP contribution >= 0.6 is 0 Å². The van der Waals surface area contributed by atoms with E-state index >= 15 is 0 Å². The molecule has 1 aliphatic rings. The summed E-state index contributed by atoms with van der Waals surface area (Å²) in [5.74, 6) is 0. The molecule has 106 valence electrons. The van der Waals surface area contributed by atoms with Crippen molar-refractivity contribution >= 4 is 10.9 Å². The van der Waals surface area contributed by atoms with Crippen molar-refractivity contribution in [2.45, 2.75) is 57.5 Å². The highest BCUT2D eigenvalue weighted by atomic mass is 14.9. The van der Waals surface area contributed by atoms with Gasteiger partial charge in [0, 0.05) is 24.2 Å². The third-order valence-corrected chi connectivity index (χ3v) is 4.37. The first-order valence-electron chi connectivity index (χ1n) is 7.99. The topological polar surface area (TPSA) is 24.9 Å². The fourth-order valence-electron chi connectivity index (χ4n) is 3.16. The number of fused-ring (bicyclic) bond motifs is 1. The highest BCUT2D eigenvalue weighted by Gasteiger charge is 2.10. The van der Waals surface area contributed by atoms with E-state index < -0.39 is 0 Å². The lowest BCUT2D eigenvalue weighted by molar-refractivity contribution is 0.389. The Morgan fingerprint density at radius 3 is 2.65 bits per heavy atom. The first-order valence-corrected chi connectivity index (χ1v) is 7.99. The van der Waals surface area contributed by atoms with Gasteiger partial charge in [0.05, 0.1) is 5.52 Å². The molecule has 0 spiro atoms. The van der Waals surface area contributed by atoms with Crippen LogP contribution in [0.1, 0.15) is 50.5 Å². The minimum atomic E-state index is 0.708. The van der Waals surface area contributed by atoms with E-state index in [9.17, 15) is 0 Å². The van der Waals surface area contributed by atoms with Gasteiger partial charge in [0.25, 0.3) is 0 Å². The maximum Gasteiger partial charge on any atom is 0.0702 e. The smallest absolute Gasteiger partial charge is 0.0702 e. The second kappa shape index (κ2) is 6.85. The summed E-state index contributed by atoms with van der Waals surface area (Å²) in [5, 5.41) is 4.99. The second-order valence-electron chi connectivity index (χ2n) is 5.95. The number of aromatic nitrogens is 1. The van der Waals surface area contributed by atoms with Gasteiger partial charge in [0.15, 0.2) is 0 Å². The Bertz CT molecular complexity index is 542. The molecule has 1 fully saturated rings. The first kappa shape index (κ1) is 13.6. The monoisotopic (exact) mass is 268 g/mol. The molecule has 2 nitrogen and oxygen atoms in total. The average Bonchev–Trinajstić information content (AvgIpc) is 2.46. The van der Waals surface area contributed by atoms with Crippen molar-refractivity contribution in [3.8, 4) is 0 Å². The lowest BCUT2D eigenvalue weighted by Gasteiger charge is -2.21. The zero-order valence-corrected chi connectivity index (χ0v) is 12.1. The van der Waals surface area contributed by atoms with Gasteiger partial charge in [0.1, 0.15) is 0 Å². The number of hydrogen-bond donors (Lipinski definition) is 1. The van der Waals surface area contributed by atoms with E-state index in [-0.39, 0.29) is 0 Å². The third-order valence-electron chi connectivity index (χ3n) is 4.37. The molecule has 1 heterocycles. The standard InChI is InChI=1S/C18H24N2/c1-2-4-8-17(9-5-3-1)20-14-15-10-11-18-16(13-15)7-6-12-19-18/h6-7,10-13,17,20H,1-5,8-9,14H2. The quantitative estimate of drug-likeness (QED) is 0.890. The maximum atomic E-state index is 4.37. The molecule has 2 aromatic rings. The van der Waals surface area contributed by atoms with Crippen LogP contribution in [0.15, 0.2) is 36.5 Å². The molecule has 2 heteroatoms. The van der Waals surface area contributed by atoms with E-state index in [1.807, 2.05) is 12.3 Å². The molecule has 0 radical (unpaired) electrons. The number of hydrogen-bond acceptors (Lipinski definition) is 2. The Hall–Kier alpha value is -1.41. The van der Waals surface area contributed by atoms with Crippen molar-refractivity contribution < 1.29 is 0 Å². The third kappa shape index (κ3) is 3.57. The summed E-state index contributed by atoms with van der Waals surface area (Å²) in [4.78, 5) is 4.37. The van der Waals surface area contributed by atoms with Crippen LogP contribution in [0.25, 0.3) is 10.9 Å². The van der Waals surface area contributed by atoms with Gasteiger partial charge < -0.3 is 5.32 Å². The van der Waals surface area contributed by atoms with Crippen LogP contribution in [0.4, 0.5) is 0 Å². The van der Waals surface area contributed by atoms with Crippen LogP contribution < -0.4 is 5.32 Å². The summed E-state index contributed by atoms with van der Waals surface area (Å²) in [5.41, 5.74) is 2.45. The number of nitrogens with one attached hydrogen (secondary N) is 1. The molecular weight excluding hydrogens is 244 g/mol. The van der Waals surface area contributed by atoms with Gasteiger partial charge in [-0.3, -0.25) is 4.98 Å². The lowest BCUT2D eigenvalue weighted by Crippen LogP contribution is -2.29. The fourth-order valence-corrected chi connectivity index (χ4v) is 3.16. The van der Waals surface area contributed by atoms with Crippen LogP contribution in [-0.2, 0) is 6.54 Å². The van der Waals surface area contributed by atoms with Crippen LogP contribution in [-0.4, -0.2) is 11.0 Å². The van der Waals surface area contributed by atoms with Crippen molar-refractivity contribution in [2.24, 2.45) is 0 Å². The van der Waals surface area contributed by atoms with Crippen molar-refractivity contribution in [2.75, 3.05) is 0 Å². The highest BCUT2D eigenvalue weighted by molar-refractivity contribution is 5.78. The van der Waals surface area contributed by atoms with Crippen molar-refractivity contribution in [1.29, 1.82) is 0 Å². The molecule has 1 aromatic heterocycles. The van der Waals surface area contributed by atoms with Crippen LogP contribution in [0.2, 0.25) is 0 Å². The van der Waals surface area contributed by atoms with Crippen LogP contribution in [0.3, 0.4) is 0 Å². The lowest BCUT2D eigenvalue weighted by atomic mass is 9.96. The molecule has 3 rings (SSSR count). The van der Waals surface area contributed by atoms with E-state index in [0.29, 0.717) is 6.04 Å². The van der Waals surface area contributed by atoms with Gasteiger partial charge in [-0.2, -0.15) is 0 Å². The molecule has 0 unspecified atom stereocenters. The predicted octanol–water partition coefficient (Wildman–Crippen LogP) is 4.44. The summed E-state index contributed by atoms with van der Waals surface area (Å²) in [6, 6.07) is 11.4. The summed E-state index contributed by atoms with van der Waals surface area (Å²) in [6.45, 7) is 0.982. The Morgan fingerprint density at radius 2 is 1.80 bits per heavy atom. The van der Waals surface area contributed by atoms with Crippen molar-refractivity contribution in [1.82, 2.24) is 10.3 Å². The molecule has 0 amide bonds. The zero-order valence-electron chi connectivity index (χ0n) is 12.1. The molecule has 0 saturated heterocycles. The Balaban J connectivity index is 1.60. The predicted molar refractivity (Wildman–Crippen MR) is 84.7 cm³/mol. The summed E-state index contributed by atoms with van der Waals surface area (Å²) < 4.78 is 0. The Labute approximate surface area is 121 Å². The summed E-state index contributed by atoms with van der Waals surface area (Å²) in [6.07, 6.45) is 11.6. The molecule has 0 aliphatic heterocycles. The van der Waals surface area contributed by atoms with E-state index in [1.54, 1.807) is 0 Å². The Morgan fingerprint density at radius 1 is 1.00 bits per heavy atom. The summed E-state index contributed by atoms with van der Waals surface area (Å²) in [7, 11) is 0. The Kier molecular flexibility index (Phi) is 4.65. The van der Waals surface area contributed by atoms with Crippen molar-refractivity contribution in [3.05, 3.63) is 42.1 Å². The molecule has 0 atom stereocenters. The number of nitrogens with zero attached hydrogens (tertiary/aromatic N) is 1. The maximum absolute atomic E-state index is 4.37. The van der Waals surface area contributed by atoms with E-state index in [0.717, 1.165) is 12.1 Å². The van der Waals surface area contributed by atoms with Gasteiger partial charge in [-0.05, 0) is 36.6 Å². The van der Waals surface area contributed by atoms with Gasteiger partial charge in [-0.25, -0.2) is 0 Å². The van der Waals surface area contributed by atoms with Gasteiger partial charge in [-0.1, -0.05) is 44.2 Å². The molecule has 0 bridgehead atoms. The van der Waals surface area contributed by atoms with Crippen LogP contribution in [0, 0.1) is 0 Å². The molecular formula is C18H24N2. The van der Waals surface area contributed by atoms with E-state index in [1.165, 1.54) is 55.9 Å². The number of rotatable bonds is 3. The largest absolute Gasteiger partial charge is 0.310 e. The number of pyridine rings is 1. The van der Waals surface area contributed by atoms with Crippen molar-refractivity contribution in [3.63, 3.8) is 0 Å². The average molecular weight is 268 g/mol. The number of benzene rings is 1. The molecule has 1 saturated carbocycles. The highest BCUT2D eigenvalue weighted by Crippen LogP contribution is 2.18. The van der Waals surface area contributed by atoms with E-state index in [2.05, 4.69) is 34.6 Å². The van der Waals surface area contributed by atoms with Gasteiger partial charge >= 0.3 is 0 Å². The SMILES string of the molecule is c1cnc2ccc(CNC3CCCCCCC3)cc2c1. The van der Waals surface area contributed by atoms with Gasteiger partial charge in [-0.15, -0.1) is 0 Å².